The summed E-state index contributed by atoms with van der Waals surface area (Å²) in [6.45, 7) is 7.84. The zero-order chi connectivity index (χ0) is 9.47. The minimum atomic E-state index is 0.254. The van der Waals surface area contributed by atoms with E-state index in [0.717, 1.165) is 6.54 Å². The molecule has 1 heterocycles. The first-order chi connectivity index (χ1) is 6.07. The zero-order valence-corrected chi connectivity index (χ0v) is 9.19. The maximum atomic E-state index is 2.43. The Morgan fingerprint density at radius 1 is 1.23 bits per heavy atom. The highest BCUT2D eigenvalue weighted by Gasteiger charge is 2.28. The van der Waals surface area contributed by atoms with Gasteiger partial charge in [0, 0.05) is 17.0 Å². The molecule has 2 rings (SSSR count). The topological polar surface area (TPSA) is 3.24 Å². The van der Waals surface area contributed by atoms with E-state index in [4.69, 9.17) is 0 Å². The van der Waals surface area contributed by atoms with Crippen LogP contribution in [0.3, 0.4) is 0 Å². The first kappa shape index (κ1) is 9.10. The highest BCUT2D eigenvalue weighted by Crippen LogP contribution is 2.40. The van der Waals surface area contributed by atoms with Crippen LogP contribution in [0.15, 0.2) is 29.2 Å². The van der Waals surface area contributed by atoms with Gasteiger partial charge in [0.2, 0.25) is 0 Å². The lowest BCUT2D eigenvalue weighted by molar-refractivity contribution is 0.274. The van der Waals surface area contributed by atoms with Gasteiger partial charge in [-0.3, -0.25) is 0 Å². The van der Waals surface area contributed by atoms with E-state index in [9.17, 15) is 0 Å². The molecule has 0 bridgehead atoms. The average Bonchev–Trinajstić information content (AvgIpc) is 2.45. The van der Waals surface area contributed by atoms with E-state index in [0.29, 0.717) is 0 Å². The molecule has 0 aliphatic carbocycles. The molecule has 0 unspecified atom stereocenters. The lowest BCUT2D eigenvalue weighted by Gasteiger charge is -2.29. The van der Waals surface area contributed by atoms with Crippen molar-refractivity contribution in [3.05, 3.63) is 29.8 Å². The average molecular weight is 193 g/mol. The molecule has 0 atom stereocenters. The van der Waals surface area contributed by atoms with Crippen molar-refractivity contribution in [2.75, 3.05) is 0 Å². The van der Waals surface area contributed by atoms with Crippen molar-refractivity contribution in [3.63, 3.8) is 0 Å². The molecule has 13 heavy (non-hydrogen) atoms. The van der Waals surface area contributed by atoms with Gasteiger partial charge < -0.3 is 0 Å². The fourth-order valence-electron chi connectivity index (χ4n) is 1.40. The van der Waals surface area contributed by atoms with Crippen LogP contribution in [-0.2, 0) is 6.54 Å². The minimum absolute atomic E-state index is 0.254. The number of hydrogen-bond donors (Lipinski definition) is 0. The Labute approximate surface area is 84.3 Å². The van der Waals surface area contributed by atoms with Crippen LogP contribution in [0.25, 0.3) is 0 Å². The number of hydrogen-bond acceptors (Lipinski definition) is 2. The van der Waals surface area contributed by atoms with E-state index in [1.165, 1.54) is 10.5 Å². The molecule has 0 spiro atoms. The molecule has 1 aliphatic rings. The van der Waals surface area contributed by atoms with Crippen molar-refractivity contribution in [3.8, 4) is 0 Å². The van der Waals surface area contributed by atoms with Gasteiger partial charge in [-0.2, -0.15) is 0 Å². The summed E-state index contributed by atoms with van der Waals surface area (Å²) >= 11 is 1.88. The van der Waals surface area contributed by atoms with Gasteiger partial charge in [-0.15, -0.1) is 0 Å². The van der Waals surface area contributed by atoms with Gasteiger partial charge in [0.05, 0.1) is 0 Å². The highest BCUT2D eigenvalue weighted by atomic mass is 32.2. The normalized spacial score (nSPS) is 17.5. The third-order valence-corrected chi connectivity index (χ3v) is 3.74. The second-order valence-electron chi connectivity index (χ2n) is 4.41. The van der Waals surface area contributed by atoms with Crippen LogP contribution in [0.5, 0.6) is 0 Å². The summed E-state index contributed by atoms with van der Waals surface area (Å²) in [5, 5.41) is 0. The summed E-state index contributed by atoms with van der Waals surface area (Å²) in [4.78, 5) is 1.41. The predicted octanol–water partition coefficient (Wildman–Crippen LogP) is 3.31. The standard InChI is InChI=1S/C11H15NS/c1-11(2,3)12-8-9-6-4-5-7-10(9)13-12/h4-7H,8H2,1-3H3. The van der Waals surface area contributed by atoms with Crippen molar-refractivity contribution >= 4 is 11.9 Å². The smallest absolute Gasteiger partial charge is 0.0361 e. The van der Waals surface area contributed by atoms with E-state index < -0.39 is 0 Å². The SMILES string of the molecule is CC(C)(C)N1Cc2ccccc2S1. The maximum absolute atomic E-state index is 2.43. The number of nitrogens with zero attached hydrogens (tertiary/aromatic N) is 1. The molecular weight excluding hydrogens is 178 g/mol. The largest absolute Gasteiger partial charge is 0.237 e. The third kappa shape index (κ3) is 1.74. The molecule has 0 saturated carbocycles. The quantitative estimate of drug-likeness (QED) is 0.582. The molecule has 1 nitrogen and oxygen atoms in total. The Kier molecular flexibility index (Phi) is 2.12. The summed E-state index contributed by atoms with van der Waals surface area (Å²) in [5.41, 5.74) is 1.71. The van der Waals surface area contributed by atoms with Crippen LogP contribution in [0.1, 0.15) is 26.3 Å². The number of fused-ring (bicyclic) bond motifs is 1. The first-order valence-corrected chi connectivity index (χ1v) is 5.38. The molecule has 1 aromatic carbocycles. The Morgan fingerprint density at radius 2 is 1.92 bits per heavy atom. The van der Waals surface area contributed by atoms with Crippen molar-refractivity contribution in [2.24, 2.45) is 0 Å². The van der Waals surface area contributed by atoms with E-state index in [1.807, 2.05) is 11.9 Å². The zero-order valence-electron chi connectivity index (χ0n) is 8.37. The highest BCUT2D eigenvalue weighted by molar-refractivity contribution is 7.97. The number of benzene rings is 1. The summed E-state index contributed by atoms with van der Waals surface area (Å²) in [6.07, 6.45) is 0. The second kappa shape index (κ2) is 3.03. The molecule has 70 valence electrons. The minimum Gasteiger partial charge on any atom is -0.237 e. The van der Waals surface area contributed by atoms with Crippen molar-refractivity contribution in [1.82, 2.24) is 4.31 Å². The van der Waals surface area contributed by atoms with E-state index >= 15 is 0 Å². The summed E-state index contributed by atoms with van der Waals surface area (Å²) in [6, 6.07) is 8.64. The van der Waals surface area contributed by atoms with Gasteiger partial charge in [-0.1, -0.05) is 18.2 Å². The lowest BCUT2D eigenvalue weighted by Crippen LogP contribution is -2.32. The Balaban J connectivity index is 2.23. The molecule has 1 aromatic rings. The van der Waals surface area contributed by atoms with Gasteiger partial charge in [0.15, 0.2) is 0 Å². The van der Waals surface area contributed by atoms with Crippen LogP contribution in [0.2, 0.25) is 0 Å². The van der Waals surface area contributed by atoms with Gasteiger partial charge in [-0.05, 0) is 44.3 Å². The summed E-state index contributed by atoms with van der Waals surface area (Å²) in [5.74, 6) is 0. The van der Waals surface area contributed by atoms with E-state index in [1.54, 1.807) is 0 Å². The lowest BCUT2D eigenvalue weighted by atomic mass is 10.1. The second-order valence-corrected chi connectivity index (χ2v) is 5.47. The van der Waals surface area contributed by atoms with Crippen LogP contribution in [0.4, 0.5) is 0 Å². The van der Waals surface area contributed by atoms with E-state index in [2.05, 4.69) is 49.3 Å². The Hall–Kier alpha value is -0.470. The third-order valence-electron chi connectivity index (χ3n) is 2.24. The monoisotopic (exact) mass is 193 g/mol. The first-order valence-electron chi connectivity index (χ1n) is 4.61. The van der Waals surface area contributed by atoms with Gasteiger partial charge >= 0.3 is 0 Å². The molecule has 0 amide bonds. The van der Waals surface area contributed by atoms with Gasteiger partial charge in [-0.25, -0.2) is 4.31 Å². The molecule has 0 radical (unpaired) electrons. The van der Waals surface area contributed by atoms with Gasteiger partial charge in [0.25, 0.3) is 0 Å². The molecule has 0 aromatic heterocycles. The molecule has 1 aliphatic heterocycles. The van der Waals surface area contributed by atoms with Crippen molar-refractivity contribution < 1.29 is 0 Å². The van der Waals surface area contributed by atoms with Gasteiger partial charge in [0.1, 0.15) is 0 Å². The van der Waals surface area contributed by atoms with Crippen LogP contribution in [0, 0.1) is 0 Å². The number of rotatable bonds is 0. The Morgan fingerprint density at radius 3 is 2.54 bits per heavy atom. The fraction of sp³-hybridized carbons (Fsp3) is 0.455. The summed E-state index contributed by atoms with van der Waals surface area (Å²) in [7, 11) is 0. The van der Waals surface area contributed by atoms with Crippen molar-refractivity contribution in [1.29, 1.82) is 0 Å². The summed E-state index contributed by atoms with van der Waals surface area (Å²) < 4.78 is 2.43. The van der Waals surface area contributed by atoms with Crippen LogP contribution < -0.4 is 0 Å². The fourth-order valence-corrected chi connectivity index (χ4v) is 2.51. The van der Waals surface area contributed by atoms with Crippen LogP contribution in [-0.4, -0.2) is 9.84 Å². The van der Waals surface area contributed by atoms with Crippen LogP contribution >= 0.6 is 11.9 Å². The molecule has 2 heteroatoms. The van der Waals surface area contributed by atoms with E-state index in [-0.39, 0.29) is 5.54 Å². The Bertz CT molecular complexity index is 289. The molecular formula is C11H15NS. The molecule has 0 fully saturated rings. The van der Waals surface area contributed by atoms with Crippen molar-refractivity contribution in [2.45, 2.75) is 37.8 Å². The molecule has 0 N–H and O–H groups in total. The maximum Gasteiger partial charge on any atom is 0.0361 e. The predicted molar refractivity (Wildman–Crippen MR) is 57.6 cm³/mol. The molecule has 0 saturated heterocycles.